The molecule has 1 heterocycles. The number of alkyl halides is 3. The van der Waals surface area contributed by atoms with Gasteiger partial charge in [0.25, 0.3) is 5.91 Å². The minimum atomic E-state index is -4.82. The van der Waals surface area contributed by atoms with Crippen molar-refractivity contribution in [2.45, 2.75) is 26.2 Å². The zero-order valence-electron chi connectivity index (χ0n) is 22.6. The molecule has 0 fully saturated rings. The van der Waals surface area contributed by atoms with Crippen LogP contribution in [0.25, 0.3) is 0 Å². The Balaban J connectivity index is 1.98. The number of nitrogens with zero attached hydrogens (tertiary/aromatic N) is 3. The largest absolute Gasteiger partial charge is 0.495 e. The molecule has 0 atom stereocenters. The number of rotatable bonds is 12. The minimum absolute atomic E-state index is 0.00606. The van der Waals surface area contributed by atoms with Crippen molar-refractivity contribution in [3.05, 3.63) is 64.8 Å². The van der Waals surface area contributed by atoms with Crippen molar-refractivity contribution < 1.29 is 36.3 Å². The van der Waals surface area contributed by atoms with Crippen LogP contribution < -0.4 is 20.7 Å². The van der Waals surface area contributed by atoms with Crippen LogP contribution >= 0.6 is 7.60 Å². The molecule has 218 valence electrons. The lowest BCUT2D eigenvalue weighted by molar-refractivity contribution is -0.137. The molecule has 0 radical (unpaired) electrons. The Labute approximate surface area is 234 Å². The van der Waals surface area contributed by atoms with E-state index in [1.165, 1.54) is 32.4 Å². The number of carbonyl (C=O) groups excluding carboxylic acids is 1. The van der Waals surface area contributed by atoms with Crippen LogP contribution in [0.2, 0.25) is 0 Å². The first-order valence-corrected chi connectivity index (χ1v) is 14.0. The van der Waals surface area contributed by atoms with E-state index in [4.69, 9.17) is 13.8 Å². The van der Waals surface area contributed by atoms with Gasteiger partial charge >= 0.3 is 13.8 Å². The van der Waals surface area contributed by atoms with Gasteiger partial charge in [-0.3, -0.25) is 9.36 Å². The Bertz CT molecular complexity index is 1490. The molecule has 11 nitrogen and oxygen atoms in total. The van der Waals surface area contributed by atoms with Crippen molar-refractivity contribution in [2.24, 2.45) is 0 Å². The van der Waals surface area contributed by atoms with Crippen LogP contribution in [0.1, 0.15) is 40.9 Å². The van der Waals surface area contributed by atoms with E-state index in [0.29, 0.717) is 17.4 Å². The van der Waals surface area contributed by atoms with E-state index in [-0.39, 0.29) is 47.9 Å². The number of carbonyl (C=O) groups is 1. The number of amides is 1. The van der Waals surface area contributed by atoms with Crippen molar-refractivity contribution in [2.75, 3.05) is 38.0 Å². The van der Waals surface area contributed by atoms with E-state index in [1.807, 2.05) is 6.07 Å². The normalized spacial score (nSPS) is 11.5. The average Bonchev–Trinajstić information content (AvgIpc) is 2.93. The van der Waals surface area contributed by atoms with Gasteiger partial charge in [0.2, 0.25) is 5.95 Å². The second kappa shape index (κ2) is 13.5. The number of ether oxygens (including phenoxy) is 1. The van der Waals surface area contributed by atoms with Crippen molar-refractivity contribution in [1.82, 2.24) is 15.3 Å². The van der Waals surface area contributed by atoms with Gasteiger partial charge in [0.1, 0.15) is 17.1 Å². The Morgan fingerprint density at radius 3 is 2.34 bits per heavy atom. The number of nitrogens with one attached hydrogen (secondary N) is 3. The molecule has 41 heavy (non-hydrogen) atoms. The third-order valence-corrected chi connectivity index (χ3v) is 7.56. The molecule has 1 aromatic heterocycles. The van der Waals surface area contributed by atoms with Gasteiger partial charge in [-0.25, -0.2) is 4.98 Å². The maximum absolute atomic E-state index is 13.8. The molecule has 0 aliphatic rings. The van der Waals surface area contributed by atoms with E-state index in [9.17, 15) is 27.8 Å². The van der Waals surface area contributed by atoms with Crippen molar-refractivity contribution in [1.29, 1.82) is 5.26 Å². The molecular weight excluding hydrogens is 564 g/mol. The Morgan fingerprint density at radius 1 is 1.07 bits per heavy atom. The number of nitriles is 1. The lowest BCUT2D eigenvalue weighted by atomic mass is 10.1. The van der Waals surface area contributed by atoms with E-state index in [0.717, 1.165) is 0 Å². The molecule has 2 aromatic carbocycles. The molecular formula is C26H28F3N6O5P. The number of hydrogen-bond acceptors (Lipinski definition) is 10. The molecule has 0 bridgehead atoms. The summed E-state index contributed by atoms with van der Waals surface area (Å²) in [5.74, 6) is -1.19. The molecule has 0 saturated heterocycles. The van der Waals surface area contributed by atoms with E-state index >= 15 is 0 Å². The first-order chi connectivity index (χ1) is 19.5. The van der Waals surface area contributed by atoms with Crippen LogP contribution in [0.3, 0.4) is 0 Å². The van der Waals surface area contributed by atoms with Gasteiger partial charge in [-0.15, -0.1) is 0 Å². The predicted molar refractivity (Wildman–Crippen MR) is 146 cm³/mol. The monoisotopic (exact) mass is 592 g/mol. The highest BCUT2D eigenvalue weighted by molar-refractivity contribution is 7.53. The van der Waals surface area contributed by atoms with E-state index < -0.39 is 31.1 Å². The Hall–Kier alpha value is -4.18. The van der Waals surface area contributed by atoms with Crippen molar-refractivity contribution in [3.63, 3.8) is 0 Å². The lowest BCUT2D eigenvalue weighted by Gasteiger charge is -2.19. The molecule has 3 rings (SSSR count). The van der Waals surface area contributed by atoms with Crippen LogP contribution in [0, 0.1) is 11.3 Å². The zero-order valence-corrected chi connectivity index (χ0v) is 23.5. The standard InChI is InChI=1S/C26H28F3N6O5P/c1-5-39-41(37,40-6-2)15-17-8-10-21(22(12-17)38-4)34-25-32-14-19(26(27,28)29)23(35-25)33-20-9-7-16(13-30)11-18(20)24(36)31-3/h7-12,14H,5-6,15H2,1-4H3,(H,31,36)(H2,32,33,34,35). The lowest BCUT2D eigenvalue weighted by Crippen LogP contribution is -2.20. The second-order valence-electron chi connectivity index (χ2n) is 8.29. The number of aromatic nitrogens is 2. The molecule has 0 spiro atoms. The summed E-state index contributed by atoms with van der Waals surface area (Å²) >= 11 is 0. The molecule has 3 N–H and O–H groups in total. The van der Waals surface area contributed by atoms with Gasteiger partial charge < -0.3 is 29.7 Å². The highest BCUT2D eigenvalue weighted by Crippen LogP contribution is 2.51. The van der Waals surface area contributed by atoms with Crippen LogP contribution in [-0.2, 0) is 26.0 Å². The van der Waals surface area contributed by atoms with Crippen LogP contribution in [0.5, 0.6) is 5.75 Å². The molecule has 0 unspecified atom stereocenters. The maximum atomic E-state index is 13.8. The second-order valence-corrected chi connectivity index (χ2v) is 10.3. The van der Waals surface area contributed by atoms with Crippen LogP contribution in [0.4, 0.5) is 36.3 Å². The van der Waals surface area contributed by atoms with E-state index in [1.54, 1.807) is 32.0 Å². The van der Waals surface area contributed by atoms with Gasteiger partial charge in [-0.1, -0.05) is 6.07 Å². The molecule has 15 heteroatoms. The first kappa shape index (κ1) is 31.3. The van der Waals surface area contributed by atoms with Gasteiger partial charge in [0, 0.05) is 13.2 Å². The fourth-order valence-electron chi connectivity index (χ4n) is 3.72. The molecule has 1 amide bonds. The number of halogens is 3. The summed E-state index contributed by atoms with van der Waals surface area (Å²) in [4.78, 5) is 20.2. The van der Waals surface area contributed by atoms with E-state index in [2.05, 4.69) is 25.9 Å². The quantitative estimate of drug-likeness (QED) is 0.214. The molecule has 0 aliphatic heterocycles. The van der Waals surface area contributed by atoms with Gasteiger partial charge in [0.05, 0.1) is 55.1 Å². The zero-order chi connectivity index (χ0) is 30.2. The fourth-order valence-corrected chi connectivity index (χ4v) is 5.41. The Kier molecular flexibility index (Phi) is 10.3. The van der Waals surface area contributed by atoms with Crippen molar-refractivity contribution in [3.8, 4) is 11.8 Å². The SMILES string of the molecule is CCOP(=O)(Cc1ccc(Nc2ncc(C(F)(F)F)c(Nc3ccc(C#N)cc3C(=O)NC)n2)c(OC)c1)OCC. The van der Waals surface area contributed by atoms with Gasteiger partial charge in [0.15, 0.2) is 0 Å². The smallest absolute Gasteiger partial charge is 0.421 e. The summed E-state index contributed by atoms with van der Waals surface area (Å²) in [6.07, 6.45) is -4.24. The Morgan fingerprint density at radius 2 is 1.76 bits per heavy atom. The van der Waals surface area contributed by atoms with Gasteiger partial charge in [-0.05, 0) is 49.7 Å². The summed E-state index contributed by atoms with van der Waals surface area (Å²) < 4.78 is 70.5. The highest BCUT2D eigenvalue weighted by Gasteiger charge is 2.36. The highest BCUT2D eigenvalue weighted by atomic mass is 31.2. The summed E-state index contributed by atoms with van der Waals surface area (Å²) in [5, 5.41) is 16.9. The maximum Gasteiger partial charge on any atom is 0.421 e. The third-order valence-electron chi connectivity index (χ3n) is 5.51. The average molecular weight is 593 g/mol. The van der Waals surface area contributed by atoms with Gasteiger partial charge in [-0.2, -0.15) is 23.4 Å². The summed E-state index contributed by atoms with van der Waals surface area (Å²) in [7, 11) is -0.654. The number of benzene rings is 2. The topological polar surface area (TPSA) is 147 Å². The molecule has 0 aliphatic carbocycles. The van der Waals surface area contributed by atoms with Crippen LogP contribution in [-0.4, -0.2) is 43.2 Å². The number of anilines is 4. The molecule has 3 aromatic rings. The first-order valence-electron chi connectivity index (χ1n) is 12.3. The summed E-state index contributed by atoms with van der Waals surface area (Å²) in [6.45, 7) is 3.80. The third kappa shape index (κ3) is 7.94. The number of hydrogen-bond donors (Lipinski definition) is 3. The number of methoxy groups -OCH3 is 1. The summed E-state index contributed by atoms with van der Waals surface area (Å²) in [5.41, 5.74) is -0.204. The fraction of sp³-hybridized carbons (Fsp3) is 0.308. The van der Waals surface area contributed by atoms with Crippen LogP contribution in [0.15, 0.2) is 42.6 Å². The summed E-state index contributed by atoms with van der Waals surface area (Å²) in [6, 6.07) is 10.6. The predicted octanol–water partition coefficient (Wildman–Crippen LogP) is 5.99. The van der Waals surface area contributed by atoms with Crippen molar-refractivity contribution >= 4 is 36.6 Å². The molecule has 0 saturated carbocycles. The minimum Gasteiger partial charge on any atom is -0.495 e.